The van der Waals surface area contributed by atoms with E-state index in [1.807, 2.05) is 27.7 Å². The van der Waals surface area contributed by atoms with E-state index < -0.39 is 24.3 Å². The van der Waals surface area contributed by atoms with Gasteiger partial charge in [0.25, 0.3) is 0 Å². The van der Waals surface area contributed by atoms with Crippen LogP contribution in [0.2, 0.25) is 0 Å². The van der Waals surface area contributed by atoms with Crippen LogP contribution in [0.3, 0.4) is 0 Å². The molecule has 1 aliphatic heterocycles. The molecule has 6 heteroatoms. The van der Waals surface area contributed by atoms with Crippen LogP contribution in [-0.4, -0.2) is 36.0 Å². The quantitative estimate of drug-likeness (QED) is 0.645. The number of benzene rings is 1. The van der Waals surface area contributed by atoms with Gasteiger partial charge in [0, 0.05) is 0 Å². The van der Waals surface area contributed by atoms with Crippen LogP contribution >= 0.6 is 0 Å². The fourth-order valence-corrected chi connectivity index (χ4v) is 2.29. The number of rotatable bonds is 6. The van der Waals surface area contributed by atoms with Crippen molar-refractivity contribution in [3.05, 3.63) is 23.8 Å². The molecular weight excluding hydrogens is 295 g/mol. The van der Waals surface area contributed by atoms with Crippen LogP contribution in [-0.2, 0) is 9.31 Å². The minimum Gasteiger partial charge on any atom is -0.493 e. The van der Waals surface area contributed by atoms with Gasteiger partial charge in [0.1, 0.15) is 11.3 Å². The predicted octanol–water partition coefficient (Wildman–Crippen LogP) is 2.86. The highest BCUT2D eigenvalue weighted by Gasteiger charge is 2.51. The molecule has 1 aromatic rings. The summed E-state index contributed by atoms with van der Waals surface area (Å²) in [4.78, 5) is 11.4. The summed E-state index contributed by atoms with van der Waals surface area (Å²) < 4.78 is 17.7. The smallest absolute Gasteiger partial charge is 0.493 e. The van der Waals surface area contributed by atoms with Gasteiger partial charge in [-0.15, -0.1) is 0 Å². The van der Waals surface area contributed by atoms with Crippen molar-refractivity contribution in [1.29, 1.82) is 0 Å². The first kappa shape index (κ1) is 17.8. The van der Waals surface area contributed by atoms with Gasteiger partial charge in [-0.2, -0.15) is 0 Å². The number of hydrogen-bond acceptors (Lipinski definition) is 4. The molecule has 1 fully saturated rings. The highest BCUT2D eigenvalue weighted by atomic mass is 16.7. The number of carbonyl (C=O) groups is 1. The van der Waals surface area contributed by atoms with E-state index in [9.17, 15) is 9.90 Å². The third-order valence-electron chi connectivity index (χ3n) is 4.52. The average Bonchev–Trinajstić information content (AvgIpc) is 2.67. The number of carboxylic acids is 1. The average molecular weight is 320 g/mol. The largest absolute Gasteiger partial charge is 0.494 e. The molecule has 0 unspecified atom stereocenters. The molecule has 0 atom stereocenters. The lowest BCUT2D eigenvalue weighted by Gasteiger charge is -2.32. The molecule has 1 aromatic carbocycles. The van der Waals surface area contributed by atoms with Gasteiger partial charge in [-0.3, -0.25) is 0 Å². The van der Waals surface area contributed by atoms with E-state index in [1.54, 1.807) is 18.2 Å². The van der Waals surface area contributed by atoms with Crippen molar-refractivity contribution >= 4 is 18.6 Å². The normalized spacial score (nSPS) is 18.9. The van der Waals surface area contributed by atoms with Gasteiger partial charge in [0.05, 0.1) is 17.8 Å². The first-order chi connectivity index (χ1) is 10.7. The SMILES string of the molecule is CCCCOc1cc(B2OC(C)(C)C(C)(C)O2)ccc1C(=O)O. The summed E-state index contributed by atoms with van der Waals surface area (Å²) in [6.45, 7) is 10.5. The Morgan fingerprint density at radius 1 is 1.22 bits per heavy atom. The molecule has 1 aliphatic rings. The van der Waals surface area contributed by atoms with Gasteiger partial charge >= 0.3 is 13.1 Å². The van der Waals surface area contributed by atoms with Gasteiger partial charge in [-0.25, -0.2) is 4.79 Å². The monoisotopic (exact) mass is 320 g/mol. The van der Waals surface area contributed by atoms with E-state index >= 15 is 0 Å². The van der Waals surface area contributed by atoms with Crippen molar-refractivity contribution in [3.63, 3.8) is 0 Å². The van der Waals surface area contributed by atoms with E-state index in [4.69, 9.17) is 14.0 Å². The molecule has 126 valence electrons. The van der Waals surface area contributed by atoms with E-state index in [-0.39, 0.29) is 5.56 Å². The molecular formula is C17H25BO5. The first-order valence-electron chi connectivity index (χ1n) is 8.03. The highest BCUT2D eigenvalue weighted by molar-refractivity contribution is 6.62. The zero-order valence-electron chi connectivity index (χ0n) is 14.5. The van der Waals surface area contributed by atoms with Gasteiger partial charge < -0.3 is 19.2 Å². The van der Waals surface area contributed by atoms with Crippen LogP contribution in [0.15, 0.2) is 18.2 Å². The van der Waals surface area contributed by atoms with Crippen LogP contribution in [0.1, 0.15) is 57.8 Å². The Balaban J connectivity index is 2.27. The maximum atomic E-state index is 11.4. The van der Waals surface area contributed by atoms with Gasteiger partial charge in [-0.1, -0.05) is 19.4 Å². The summed E-state index contributed by atoms with van der Waals surface area (Å²) in [7, 11) is -0.531. The van der Waals surface area contributed by atoms with Crippen molar-refractivity contribution < 1.29 is 23.9 Å². The van der Waals surface area contributed by atoms with Crippen molar-refractivity contribution in [2.45, 2.75) is 58.7 Å². The third-order valence-corrected chi connectivity index (χ3v) is 4.52. The van der Waals surface area contributed by atoms with Crippen molar-refractivity contribution in [2.24, 2.45) is 0 Å². The Morgan fingerprint density at radius 3 is 2.35 bits per heavy atom. The van der Waals surface area contributed by atoms with E-state index in [0.29, 0.717) is 12.4 Å². The molecule has 0 amide bonds. The molecule has 0 aromatic heterocycles. The molecule has 0 bridgehead atoms. The molecule has 0 aliphatic carbocycles. The molecule has 23 heavy (non-hydrogen) atoms. The Bertz CT molecular complexity index is 566. The van der Waals surface area contributed by atoms with Crippen LogP contribution < -0.4 is 10.2 Å². The third kappa shape index (κ3) is 3.70. The summed E-state index contributed by atoms with van der Waals surface area (Å²) in [6, 6.07) is 4.98. The van der Waals surface area contributed by atoms with E-state index in [2.05, 4.69) is 6.92 Å². The Labute approximate surface area is 138 Å². The van der Waals surface area contributed by atoms with Crippen LogP contribution in [0.4, 0.5) is 0 Å². The van der Waals surface area contributed by atoms with Crippen LogP contribution in [0.5, 0.6) is 5.75 Å². The molecule has 1 N–H and O–H groups in total. The number of ether oxygens (including phenoxy) is 1. The maximum Gasteiger partial charge on any atom is 0.494 e. The number of aromatic carboxylic acids is 1. The zero-order chi connectivity index (χ0) is 17.3. The molecule has 1 heterocycles. The van der Waals surface area contributed by atoms with E-state index in [1.165, 1.54) is 0 Å². The predicted molar refractivity (Wildman–Crippen MR) is 89.5 cm³/mol. The molecule has 2 rings (SSSR count). The second-order valence-corrected chi connectivity index (χ2v) is 6.85. The molecule has 0 saturated carbocycles. The summed E-state index contributed by atoms with van der Waals surface area (Å²) in [5.41, 5.74) is 0.0418. The van der Waals surface area contributed by atoms with Gasteiger partial charge in [0.2, 0.25) is 0 Å². The van der Waals surface area contributed by atoms with Crippen LogP contribution in [0.25, 0.3) is 0 Å². The minimum atomic E-state index is -1.00. The molecule has 0 radical (unpaired) electrons. The minimum absolute atomic E-state index is 0.154. The van der Waals surface area contributed by atoms with Crippen molar-refractivity contribution in [1.82, 2.24) is 0 Å². The lowest BCUT2D eigenvalue weighted by molar-refractivity contribution is 0.00578. The van der Waals surface area contributed by atoms with Crippen molar-refractivity contribution in [2.75, 3.05) is 6.61 Å². The second kappa shape index (κ2) is 6.53. The summed E-state index contributed by atoms with van der Waals surface area (Å²) in [5, 5.41) is 9.30. The topological polar surface area (TPSA) is 65.0 Å². The zero-order valence-corrected chi connectivity index (χ0v) is 14.5. The lowest BCUT2D eigenvalue weighted by atomic mass is 9.78. The van der Waals surface area contributed by atoms with Gasteiger partial charge in [-0.05, 0) is 51.7 Å². The van der Waals surface area contributed by atoms with Crippen LogP contribution in [0, 0.1) is 0 Å². The maximum absolute atomic E-state index is 11.4. The summed E-state index contributed by atoms with van der Waals surface area (Å²) in [5.74, 6) is -0.643. The standard InChI is InChI=1S/C17H25BO5/c1-6-7-10-21-14-11-12(8-9-13(14)15(19)20)18-22-16(2,3)17(4,5)23-18/h8-9,11H,6-7,10H2,1-5H3,(H,19,20). The number of unbranched alkanes of at least 4 members (excludes halogenated alkanes) is 1. The Morgan fingerprint density at radius 2 is 1.83 bits per heavy atom. The summed E-state index contributed by atoms with van der Waals surface area (Å²) >= 11 is 0. The fourth-order valence-electron chi connectivity index (χ4n) is 2.29. The second-order valence-electron chi connectivity index (χ2n) is 6.85. The van der Waals surface area contributed by atoms with Gasteiger partial charge in [0.15, 0.2) is 0 Å². The molecule has 5 nitrogen and oxygen atoms in total. The lowest BCUT2D eigenvalue weighted by Crippen LogP contribution is -2.41. The van der Waals surface area contributed by atoms with E-state index in [0.717, 1.165) is 18.3 Å². The molecule has 1 saturated heterocycles. The number of carboxylic acid groups (broad SMARTS) is 1. The Kier molecular flexibility index (Phi) is 5.06. The summed E-state index contributed by atoms with van der Waals surface area (Å²) in [6.07, 6.45) is 1.86. The Hall–Kier alpha value is -1.53. The van der Waals surface area contributed by atoms with Crippen molar-refractivity contribution in [3.8, 4) is 5.75 Å². The molecule has 0 spiro atoms. The number of hydrogen-bond donors (Lipinski definition) is 1. The highest BCUT2D eigenvalue weighted by Crippen LogP contribution is 2.36. The fraction of sp³-hybridized carbons (Fsp3) is 0.588. The first-order valence-corrected chi connectivity index (χ1v) is 8.03.